The Hall–Kier alpha value is -2.53. The molecule has 21 heavy (non-hydrogen) atoms. The Kier molecular flexibility index (Phi) is 3.50. The van der Waals surface area contributed by atoms with Crippen LogP contribution in [0.25, 0.3) is 5.69 Å². The number of rotatable bonds is 3. The zero-order valence-corrected chi connectivity index (χ0v) is 11.6. The molecule has 0 amide bonds. The van der Waals surface area contributed by atoms with Gasteiger partial charge in [0, 0.05) is 0 Å². The van der Waals surface area contributed by atoms with E-state index in [2.05, 4.69) is 10.3 Å². The highest BCUT2D eigenvalue weighted by molar-refractivity contribution is 5.36. The molecule has 0 spiro atoms. The molecule has 1 heterocycles. The van der Waals surface area contributed by atoms with Crippen molar-refractivity contribution in [3.8, 4) is 5.69 Å². The van der Waals surface area contributed by atoms with E-state index >= 15 is 0 Å². The van der Waals surface area contributed by atoms with Gasteiger partial charge in [-0.05, 0) is 36.2 Å². The number of halogens is 1. The van der Waals surface area contributed by atoms with Gasteiger partial charge in [-0.2, -0.15) is 0 Å². The van der Waals surface area contributed by atoms with E-state index < -0.39 is 6.04 Å². The number of hydrogen-bond acceptors (Lipinski definition) is 3. The predicted molar refractivity (Wildman–Crippen MR) is 78.5 cm³/mol. The Bertz CT molecular complexity index is 752. The van der Waals surface area contributed by atoms with Crippen LogP contribution in [0.15, 0.2) is 54.7 Å². The molecule has 3 aromatic rings. The zero-order chi connectivity index (χ0) is 14.8. The summed E-state index contributed by atoms with van der Waals surface area (Å²) in [6, 6.07) is 14.1. The van der Waals surface area contributed by atoms with Gasteiger partial charge in [-0.3, -0.25) is 0 Å². The van der Waals surface area contributed by atoms with Crippen molar-refractivity contribution in [3.63, 3.8) is 0 Å². The molecule has 0 fully saturated rings. The number of nitrogens with two attached hydrogens (primary N) is 1. The maximum atomic E-state index is 13.7. The van der Waals surface area contributed by atoms with Crippen LogP contribution in [-0.2, 0) is 0 Å². The van der Waals surface area contributed by atoms with Gasteiger partial charge in [-0.25, -0.2) is 9.07 Å². The number of nitrogens with zero attached hydrogens (tertiary/aromatic N) is 3. The molecule has 0 aliphatic rings. The minimum absolute atomic E-state index is 0.262. The van der Waals surface area contributed by atoms with Crippen molar-refractivity contribution < 1.29 is 4.39 Å². The van der Waals surface area contributed by atoms with Crippen LogP contribution in [0, 0.1) is 12.7 Å². The van der Waals surface area contributed by atoms with Crippen LogP contribution in [0.2, 0.25) is 0 Å². The molecule has 0 radical (unpaired) electrons. The lowest BCUT2D eigenvalue weighted by molar-refractivity contribution is 0.612. The SMILES string of the molecule is Cc1ccc(C(N)c2cnnn2-c2ccccc2)cc1F. The lowest BCUT2D eigenvalue weighted by Crippen LogP contribution is -2.17. The summed E-state index contributed by atoms with van der Waals surface area (Å²) in [5.74, 6) is -0.262. The summed E-state index contributed by atoms with van der Waals surface area (Å²) in [7, 11) is 0. The van der Waals surface area contributed by atoms with Crippen LogP contribution < -0.4 is 5.73 Å². The highest BCUT2D eigenvalue weighted by Gasteiger charge is 2.17. The van der Waals surface area contributed by atoms with E-state index in [9.17, 15) is 4.39 Å². The highest BCUT2D eigenvalue weighted by atomic mass is 19.1. The van der Waals surface area contributed by atoms with Gasteiger partial charge in [0.2, 0.25) is 0 Å². The topological polar surface area (TPSA) is 56.7 Å². The van der Waals surface area contributed by atoms with E-state index in [1.165, 1.54) is 6.07 Å². The van der Waals surface area contributed by atoms with Gasteiger partial charge in [0.25, 0.3) is 0 Å². The Morgan fingerprint density at radius 1 is 1.14 bits per heavy atom. The van der Waals surface area contributed by atoms with E-state index in [0.29, 0.717) is 16.8 Å². The molecule has 0 bridgehead atoms. The van der Waals surface area contributed by atoms with Crippen molar-refractivity contribution in [2.24, 2.45) is 5.73 Å². The van der Waals surface area contributed by atoms with Crippen LogP contribution in [0.4, 0.5) is 4.39 Å². The molecule has 1 atom stereocenters. The fourth-order valence-electron chi connectivity index (χ4n) is 2.20. The molecule has 5 heteroatoms. The maximum absolute atomic E-state index is 13.7. The lowest BCUT2D eigenvalue weighted by Gasteiger charge is -2.14. The monoisotopic (exact) mass is 282 g/mol. The second-order valence-corrected chi connectivity index (χ2v) is 4.89. The van der Waals surface area contributed by atoms with Crippen LogP contribution in [0.3, 0.4) is 0 Å². The summed E-state index contributed by atoms with van der Waals surface area (Å²) >= 11 is 0. The lowest BCUT2D eigenvalue weighted by atomic mass is 10.0. The van der Waals surface area contributed by atoms with Crippen LogP contribution in [-0.4, -0.2) is 15.0 Å². The quantitative estimate of drug-likeness (QED) is 0.803. The minimum atomic E-state index is -0.490. The van der Waals surface area contributed by atoms with E-state index in [0.717, 1.165) is 5.69 Å². The number of para-hydroxylation sites is 1. The van der Waals surface area contributed by atoms with Crippen LogP contribution in [0.1, 0.15) is 22.9 Å². The Morgan fingerprint density at radius 2 is 1.90 bits per heavy atom. The Balaban J connectivity index is 2.01. The number of aryl methyl sites for hydroxylation is 1. The molecule has 2 N–H and O–H groups in total. The van der Waals surface area contributed by atoms with Gasteiger partial charge in [-0.15, -0.1) is 5.10 Å². The molecule has 1 unspecified atom stereocenters. The van der Waals surface area contributed by atoms with E-state index in [4.69, 9.17) is 5.73 Å². The third-order valence-electron chi connectivity index (χ3n) is 3.45. The van der Waals surface area contributed by atoms with E-state index in [-0.39, 0.29) is 5.82 Å². The molecule has 0 saturated carbocycles. The molecule has 4 nitrogen and oxygen atoms in total. The first kappa shape index (κ1) is 13.5. The van der Waals surface area contributed by atoms with Crippen molar-refractivity contribution >= 4 is 0 Å². The van der Waals surface area contributed by atoms with Crippen molar-refractivity contribution in [3.05, 3.63) is 77.4 Å². The second-order valence-electron chi connectivity index (χ2n) is 4.89. The van der Waals surface area contributed by atoms with Crippen molar-refractivity contribution in [1.82, 2.24) is 15.0 Å². The van der Waals surface area contributed by atoms with E-state index in [1.807, 2.05) is 36.4 Å². The summed E-state index contributed by atoms with van der Waals surface area (Å²) in [6.07, 6.45) is 1.61. The molecule has 106 valence electrons. The first-order valence-electron chi connectivity index (χ1n) is 6.64. The zero-order valence-electron chi connectivity index (χ0n) is 11.6. The largest absolute Gasteiger partial charge is 0.319 e. The molecular formula is C16H15FN4. The first-order chi connectivity index (χ1) is 10.2. The molecule has 0 aliphatic heterocycles. The standard InChI is InChI=1S/C16H15FN4/c1-11-7-8-12(9-14(11)17)16(18)15-10-19-20-21(15)13-5-3-2-4-6-13/h2-10,16H,18H2,1H3. The third-order valence-corrected chi connectivity index (χ3v) is 3.45. The summed E-state index contributed by atoms with van der Waals surface area (Å²) in [5.41, 5.74) is 9.12. The second kappa shape index (κ2) is 5.46. The average Bonchev–Trinajstić information content (AvgIpc) is 2.99. The van der Waals surface area contributed by atoms with Crippen LogP contribution in [0.5, 0.6) is 0 Å². The molecule has 3 rings (SSSR count). The first-order valence-corrected chi connectivity index (χ1v) is 6.64. The van der Waals surface area contributed by atoms with Gasteiger partial charge in [0.1, 0.15) is 5.82 Å². The highest BCUT2D eigenvalue weighted by Crippen LogP contribution is 2.22. The fourth-order valence-corrected chi connectivity index (χ4v) is 2.20. The Labute approximate surface area is 122 Å². The smallest absolute Gasteiger partial charge is 0.126 e. The average molecular weight is 282 g/mol. The molecule has 1 aromatic heterocycles. The van der Waals surface area contributed by atoms with Gasteiger partial charge in [0.05, 0.1) is 23.6 Å². The molecular weight excluding hydrogens is 267 g/mol. The minimum Gasteiger partial charge on any atom is -0.319 e. The molecule has 0 saturated heterocycles. The number of hydrogen-bond donors (Lipinski definition) is 1. The van der Waals surface area contributed by atoms with E-state index in [1.54, 1.807) is 23.9 Å². The molecule has 2 aromatic carbocycles. The van der Waals surface area contributed by atoms with Gasteiger partial charge in [-0.1, -0.05) is 35.5 Å². The van der Waals surface area contributed by atoms with Gasteiger partial charge < -0.3 is 5.73 Å². The van der Waals surface area contributed by atoms with Crippen molar-refractivity contribution in [1.29, 1.82) is 0 Å². The summed E-state index contributed by atoms with van der Waals surface area (Å²) in [6.45, 7) is 1.72. The molecule has 0 aliphatic carbocycles. The fraction of sp³-hybridized carbons (Fsp3) is 0.125. The maximum Gasteiger partial charge on any atom is 0.126 e. The van der Waals surface area contributed by atoms with Crippen LogP contribution >= 0.6 is 0 Å². The summed E-state index contributed by atoms with van der Waals surface area (Å²) in [4.78, 5) is 0. The predicted octanol–water partition coefficient (Wildman–Crippen LogP) is 2.76. The number of benzene rings is 2. The van der Waals surface area contributed by atoms with Crippen molar-refractivity contribution in [2.75, 3.05) is 0 Å². The van der Waals surface area contributed by atoms with Gasteiger partial charge in [0.15, 0.2) is 0 Å². The summed E-state index contributed by atoms with van der Waals surface area (Å²) in [5, 5.41) is 7.99. The van der Waals surface area contributed by atoms with Crippen molar-refractivity contribution in [2.45, 2.75) is 13.0 Å². The Morgan fingerprint density at radius 3 is 2.62 bits per heavy atom. The normalized spacial score (nSPS) is 12.3. The van der Waals surface area contributed by atoms with Gasteiger partial charge >= 0.3 is 0 Å². The third kappa shape index (κ3) is 2.55. The number of aromatic nitrogens is 3. The summed E-state index contributed by atoms with van der Waals surface area (Å²) < 4.78 is 15.4.